The first kappa shape index (κ1) is 21.0. The van der Waals surface area contributed by atoms with Crippen LogP contribution >= 0.6 is 11.6 Å². The average Bonchev–Trinajstić information content (AvgIpc) is 3.16. The fourth-order valence-corrected chi connectivity index (χ4v) is 2.91. The van der Waals surface area contributed by atoms with Crippen molar-refractivity contribution in [2.24, 2.45) is 0 Å². The van der Waals surface area contributed by atoms with Crippen molar-refractivity contribution in [1.29, 1.82) is 0 Å². The Kier molecular flexibility index (Phi) is 7.92. The molecular formula is C21H27ClN2O3. The van der Waals surface area contributed by atoms with E-state index in [1.54, 1.807) is 24.2 Å². The first-order valence-electron chi connectivity index (χ1n) is 9.17. The van der Waals surface area contributed by atoms with Crippen LogP contribution in [0.25, 0.3) is 0 Å². The van der Waals surface area contributed by atoms with Gasteiger partial charge in [0.2, 0.25) is 11.8 Å². The van der Waals surface area contributed by atoms with Gasteiger partial charge < -0.3 is 14.2 Å². The van der Waals surface area contributed by atoms with Gasteiger partial charge in [0.1, 0.15) is 17.7 Å². The quantitative estimate of drug-likeness (QED) is 0.613. The molecule has 27 heavy (non-hydrogen) atoms. The molecule has 6 heteroatoms. The van der Waals surface area contributed by atoms with Crippen LogP contribution in [0.3, 0.4) is 0 Å². The van der Waals surface area contributed by atoms with E-state index in [0.717, 1.165) is 12.0 Å². The fraction of sp³-hybridized carbons (Fsp3) is 0.429. The highest BCUT2D eigenvalue weighted by Crippen LogP contribution is 2.12. The molecule has 0 radical (unpaired) electrons. The lowest BCUT2D eigenvalue weighted by molar-refractivity contribution is -0.142. The van der Waals surface area contributed by atoms with E-state index < -0.39 is 5.38 Å². The maximum absolute atomic E-state index is 13.0. The third kappa shape index (κ3) is 6.43. The summed E-state index contributed by atoms with van der Waals surface area (Å²) in [6, 6.07) is 13.5. The highest BCUT2D eigenvalue weighted by molar-refractivity contribution is 6.30. The van der Waals surface area contributed by atoms with Crippen LogP contribution in [0, 0.1) is 0 Å². The van der Waals surface area contributed by atoms with Gasteiger partial charge >= 0.3 is 0 Å². The Bertz CT molecular complexity index is 714. The third-order valence-corrected chi connectivity index (χ3v) is 4.53. The Balaban J connectivity index is 2.10. The van der Waals surface area contributed by atoms with Crippen LogP contribution in [-0.2, 0) is 22.6 Å². The van der Waals surface area contributed by atoms with Crippen LogP contribution in [0.5, 0.6) is 0 Å². The molecule has 1 aromatic heterocycles. The highest BCUT2D eigenvalue weighted by Gasteiger charge is 2.26. The lowest BCUT2D eigenvalue weighted by atomic mass is 10.1. The average molecular weight is 391 g/mol. The second-order valence-corrected chi connectivity index (χ2v) is 7.46. The molecule has 2 amide bonds. The number of halogens is 1. The van der Waals surface area contributed by atoms with Crippen molar-refractivity contribution in [2.75, 3.05) is 13.1 Å². The number of furan rings is 1. The summed E-state index contributed by atoms with van der Waals surface area (Å²) in [6.45, 7) is 6.30. The van der Waals surface area contributed by atoms with Gasteiger partial charge in [0.05, 0.1) is 12.8 Å². The van der Waals surface area contributed by atoms with E-state index in [0.29, 0.717) is 18.8 Å². The zero-order valence-electron chi connectivity index (χ0n) is 16.1. The van der Waals surface area contributed by atoms with Gasteiger partial charge in [-0.15, -0.1) is 11.6 Å². The summed E-state index contributed by atoms with van der Waals surface area (Å²) in [5.74, 6) is 0.354. The third-order valence-electron chi connectivity index (χ3n) is 4.35. The Morgan fingerprint density at radius 1 is 1.07 bits per heavy atom. The molecule has 0 aliphatic rings. The van der Waals surface area contributed by atoms with Crippen molar-refractivity contribution in [3.8, 4) is 0 Å². The minimum absolute atomic E-state index is 0.00303. The van der Waals surface area contributed by atoms with Crippen LogP contribution in [0.2, 0.25) is 0 Å². The normalized spacial score (nSPS) is 12.0. The number of hydrogen-bond donors (Lipinski definition) is 0. The Labute approximate surface area is 165 Å². The predicted molar refractivity (Wildman–Crippen MR) is 106 cm³/mol. The molecule has 0 spiro atoms. The van der Waals surface area contributed by atoms with Gasteiger partial charge in [-0.25, -0.2) is 0 Å². The number of benzene rings is 1. The predicted octanol–water partition coefficient (Wildman–Crippen LogP) is 3.72. The van der Waals surface area contributed by atoms with Gasteiger partial charge in [0.25, 0.3) is 0 Å². The number of nitrogens with zero attached hydrogens (tertiary/aromatic N) is 2. The Hall–Kier alpha value is -2.27. The lowest BCUT2D eigenvalue weighted by Crippen LogP contribution is -2.48. The molecule has 0 saturated heterocycles. The standard InChI is InChI=1S/C21H27ClN2O3/c1-16(2)24(21(26)17(3)22)15-20(25)23(14-19-10-7-13-27-19)12-11-18-8-5-4-6-9-18/h4-10,13,16-17H,11-12,14-15H2,1-3H3/t17-/m0/s1. The van der Waals surface area contributed by atoms with E-state index in [9.17, 15) is 9.59 Å². The summed E-state index contributed by atoms with van der Waals surface area (Å²) in [4.78, 5) is 28.6. The van der Waals surface area contributed by atoms with E-state index in [4.69, 9.17) is 16.0 Å². The minimum atomic E-state index is -0.664. The molecule has 0 N–H and O–H groups in total. The number of alkyl halides is 1. The summed E-state index contributed by atoms with van der Waals surface area (Å²) in [5.41, 5.74) is 1.15. The van der Waals surface area contributed by atoms with Crippen molar-refractivity contribution in [3.63, 3.8) is 0 Å². The van der Waals surface area contributed by atoms with Crippen LogP contribution in [0.1, 0.15) is 32.1 Å². The maximum atomic E-state index is 13.0. The molecule has 2 rings (SSSR count). The molecule has 146 valence electrons. The zero-order chi connectivity index (χ0) is 19.8. The molecule has 1 atom stereocenters. The van der Waals surface area contributed by atoms with Gasteiger partial charge in [0, 0.05) is 12.6 Å². The topological polar surface area (TPSA) is 53.8 Å². The molecule has 0 bridgehead atoms. The zero-order valence-corrected chi connectivity index (χ0v) is 16.9. The van der Waals surface area contributed by atoms with Crippen molar-refractivity contribution in [2.45, 2.75) is 45.2 Å². The molecule has 0 saturated carbocycles. The molecule has 2 aromatic rings. The molecular weight excluding hydrogens is 364 g/mol. The van der Waals surface area contributed by atoms with Gasteiger partial charge in [-0.1, -0.05) is 30.3 Å². The molecule has 1 heterocycles. The van der Waals surface area contributed by atoms with Crippen molar-refractivity contribution in [3.05, 3.63) is 60.1 Å². The molecule has 0 aliphatic carbocycles. The molecule has 0 unspecified atom stereocenters. The number of carbonyl (C=O) groups excluding carboxylic acids is 2. The maximum Gasteiger partial charge on any atom is 0.242 e. The fourth-order valence-electron chi connectivity index (χ4n) is 2.78. The van der Waals surface area contributed by atoms with E-state index in [-0.39, 0.29) is 24.4 Å². The second kappa shape index (κ2) is 10.2. The molecule has 1 aromatic carbocycles. The van der Waals surface area contributed by atoms with Crippen LogP contribution in [-0.4, -0.2) is 46.1 Å². The Morgan fingerprint density at radius 3 is 2.33 bits per heavy atom. The summed E-state index contributed by atoms with van der Waals surface area (Å²) in [5, 5.41) is -0.664. The van der Waals surface area contributed by atoms with Crippen molar-refractivity contribution < 1.29 is 14.0 Å². The van der Waals surface area contributed by atoms with Gasteiger partial charge in [-0.3, -0.25) is 9.59 Å². The second-order valence-electron chi connectivity index (χ2n) is 6.81. The first-order chi connectivity index (χ1) is 12.9. The molecule has 5 nitrogen and oxygen atoms in total. The smallest absolute Gasteiger partial charge is 0.242 e. The van der Waals surface area contributed by atoms with E-state index in [1.807, 2.05) is 50.2 Å². The number of rotatable bonds is 9. The van der Waals surface area contributed by atoms with Crippen molar-refractivity contribution >= 4 is 23.4 Å². The van der Waals surface area contributed by atoms with Crippen molar-refractivity contribution in [1.82, 2.24) is 9.80 Å². The number of carbonyl (C=O) groups is 2. The van der Waals surface area contributed by atoms with Gasteiger partial charge in [-0.05, 0) is 44.9 Å². The highest BCUT2D eigenvalue weighted by atomic mass is 35.5. The SMILES string of the molecule is CC(C)N(CC(=O)N(CCc1ccccc1)Cc1ccco1)C(=O)[C@H](C)Cl. The largest absolute Gasteiger partial charge is 0.467 e. The minimum Gasteiger partial charge on any atom is -0.467 e. The number of amides is 2. The van der Waals surface area contributed by atoms with Crippen LogP contribution < -0.4 is 0 Å². The summed E-state index contributed by atoms with van der Waals surface area (Å²) < 4.78 is 5.41. The summed E-state index contributed by atoms with van der Waals surface area (Å²) >= 11 is 5.96. The van der Waals surface area contributed by atoms with E-state index in [1.165, 1.54) is 4.90 Å². The lowest BCUT2D eigenvalue weighted by Gasteiger charge is -2.30. The van der Waals surface area contributed by atoms with E-state index >= 15 is 0 Å². The van der Waals surface area contributed by atoms with E-state index in [2.05, 4.69) is 0 Å². The van der Waals surface area contributed by atoms with Gasteiger partial charge in [0.15, 0.2) is 0 Å². The van der Waals surface area contributed by atoms with Gasteiger partial charge in [-0.2, -0.15) is 0 Å². The summed E-state index contributed by atoms with van der Waals surface area (Å²) in [6.07, 6.45) is 2.32. The Morgan fingerprint density at radius 2 is 1.78 bits per heavy atom. The number of hydrogen-bond acceptors (Lipinski definition) is 3. The first-order valence-corrected chi connectivity index (χ1v) is 9.60. The monoisotopic (exact) mass is 390 g/mol. The summed E-state index contributed by atoms with van der Waals surface area (Å²) in [7, 11) is 0. The molecule has 0 aliphatic heterocycles. The van der Waals surface area contributed by atoms with Crippen LogP contribution in [0.4, 0.5) is 0 Å². The van der Waals surface area contributed by atoms with Crippen LogP contribution in [0.15, 0.2) is 53.1 Å². The molecule has 0 fully saturated rings.